The van der Waals surface area contributed by atoms with Crippen molar-refractivity contribution in [1.82, 2.24) is 4.57 Å². The number of imidazole rings is 1. The lowest BCUT2D eigenvalue weighted by Crippen LogP contribution is -2.43. The summed E-state index contributed by atoms with van der Waals surface area (Å²) in [5.41, 5.74) is -0.919. The number of ether oxygens (including phenoxy) is 1. The fraction of sp³-hybridized carbons (Fsp3) is 0.545. The van der Waals surface area contributed by atoms with Crippen LogP contribution in [0.4, 0.5) is 0 Å². The Labute approximate surface area is 161 Å². The minimum absolute atomic E-state index is 0.0806. The Balaban J connectivity index is 1.72. The van der Waals surface area contributed by atoms with Crippen molar-refractivity contribution in [1.29, 1.82) is 0 Å². The number of rotatable bonds is 7. The summed E-state index contributed by atoms with van der Waals surface area (Å²) in [6.07, 6.45) is 7.81. The highest BCUT2D eigenvalue weighted by molar-refractivity contribution is 5.81. The molecule has 5 heteroatoms. The maximum Gasteiger partial charge on any atom is 0.343 e. The van der Waals surface area contributed by atoms with Crippen molar-refractivity contribution in [2.45, 2.75) is 57.6 Å². The Hall–Kier alpha value is -2.14. The third-order valence-corrected chi connectivity index (χ3v) is 5.68. The van der Waals surface area contributed by atoms with Gasteiger partial charge in [0.1, 0.15) is 25.5 Å². The SMILES string of the molecule is CC(C)c1n(CCOC(=O)C(O)(c2ccccc2)C2CCCC2)cc[n+]1C. The Morgan fingerprint density at radius 3 is 2.59 bits per heavy atom. The number of benzene rings is 1. The van der Waals surface area contributed by atoms with Gasteiger partial charge < -0.3 is 9.84 Å². The van der Waals surface area contributed by atoms with Gasteiger partial charge in [-0.1, -0.05) is 57.0 Å². The summed E-state index contributed by atoms with van der Waals surface area (Å²) in [6.45, 7) is 5.11. The van der Waals surface area contributed by atoms with Crippen LogP contribution in [-0.4, -0.2) is 22.2 Å². The number of aryl methyl sites for hydroxylation is 1. The summed E-state index contributed by atoms with van der Waals surface area (Å²) in [5, 5.41) is 11.4. The van der Waals surface area contributed by atoms with Crippen LogP contribution in [0.3, 0.4) is 0 Å². The Morgan fingerprint density at radius 2 is 1.96 bits per heavy atom. The Bertz CT molecular complexity index is 763. The van der Waals surface area contributed by atoms with Gasteiger partial charge in [0.25, 0.3) is 5.82 Å². The highest BCUT2D eigenvalue weighted by Gasteiger charge is 2.47. The lowest BCUT2D eigenvalue weighted by atomic mass is 9.80. The van der Waals surface area contributed by atoms with Gasteiger partial charge in [-0.15, -0.1) is 0 Å². The van der Waals surface area contributed by atoms with Crippen LogP contribution in [0.2, 0.25) is 0 Å². The van der Waals surface area contributed by atoms with Gasteiger partial charge in [-0.3, -0.25) is 0 Å². The summed E-state index contributed by atoms with van der Waals surface area (Å²) >= 11 is 0. The molecule has 1 unspecified atom stereocenters. The van der Waals surface area contributed by atoms with E-state index in [0.29, 0.717) is 18.0 Å². The number of carbonyl (C=O) groups is 1. The minimum atomic E-state index is -1.56. The van der Waals surface area contributed by atoms with E-state index in [1.165, 1.54) is 5.82 Å². The molecule has 1 saturated carbocycles. The molecule has 0 saturated heterocycles. The lowest BCUT2D eigenvalue weighted by molar-refractivity contribution is -0.680. The van der Waals surface area contributed by atoms with Crippen LogP contribution in [0, 0.1) is 5.92 Å². The molecule has 1 aliphatic carbocycles. The lowest BCUT2D eigenvalue weighted by Gasteiger charge is -2.32. The van der Waals surface area contributed by atoms with Gasteiger partial charge in [0.05, 0.1) is 13.0 Å². The summed E-state index contributed by atoms with van der Waals surface area (Å²) in [4.78, 5) is 13.0. The first-order valence-electron chi connectivity index (χ1n) is 9.94. The molecule has 1 aliphatic rings. The second-order valence-corrected chi connectivity index (χ2v) is 7.87. The molecule has 5 nitrogen and oxygen atoms in total. The second kappa shape index (κ2) is 8.26. The molecule has 1 aromatic heterocycles. The minimum Gasteiger partial charge on any atom is -0.459 e. The summed E-state index contributed by atoms with van der Waals surface area (Å²) in [7, 11) is 2.02. The van der Waals surface area contributed by atoms with Crippen molar-refractivity contribution in [2.75, 3.05) is 6.61 Å². The van der Waals surface area contributed by atoms with Crippen molar-refractivity contribution >= 4 is 5.97 Å². The zero-order chi connectivity index (χ0) is 19.4. The van der Waals surface area contributed by atoms with Gasteiger partial charge in [-0.05, 0) is 18.4 Å². The fourth-order valence-corrected chi connectivity index (χ4v) is 4.37. The number of nitrogens with zero attached hydrogens (tertiary/aromatic N) is 2. The average Bonchev–Trinajstić information content (AvgIpc) is 3.32. The maximum absolute atomic E-state index is 13.0. The maximum atomic E-state index is 13.0. The first-order chi connectivity index (χ1) is 12.9. The molecule has 0 spiro atoms. The van der Waals surface area contributed by atoms with Crippen LogP contribution in [0.15, 0.2) is 42.7 Å². The van der Waals surface area contributed by atoms with E-state index in [4.69, 9.17) is 4.74 Å². The van der Waals surface area contributed by atoms with Crippen molar-refractivity contribution < 1.29 is 19.2 Å². The third kappa shape index (κ3) is 3.93. The molecule has 0 amide bonds. The molecule has 27 heavy (non-hydrogen) atoms. The summed E-state index contributed by atoms with van der Waals surface area (Å²) in [5.74, 6) is 0.951. The molecule has 0 radical (unpaired) electrons. The fourth-order valence-electron chi connectivity index (χ4n) is 4.37. The highest BCUT2D eigenvalue weighted by atomic mass is 16.5. The molecule has 0 aliphatic heterocycles. The van der Waals surface area contributed by atoms with Crippen LogP contribution >= 0.6 is 0 Å². The highest BCUT2D eigenvalue weighted by Crippen LogP contribution is 2.41. The predicted octanol–water partition coefficient (Wildman–Crippen LogP) is 3.06. The van der Waals surface area contributed by atoms with Crippen molar-refractivity contribution in [3.63, 3.8) is 0 Å². The van der Waals surface area contributed by atoms with Crippen LogP contribution < -0.4 is 4.57 Å². The largest absolute Gasteiger partial charge is 0.459 e. The van der Waals surface area contributed by atoms with E-state index in [9.17, 15) is 9.90 Å². The van der Waals surface area contributed by atoms with Gasteiger partial charge in [-0.25, -0.2) is 13.9 Å². The molecule has 2 aromatic rings. The predicted molar refractivity (Wildman–Crippen MR) is 103 cm³/mol. The van der Waals surface area contributed by atoms with Crippen molar-refractivity contribution in [3.8, 4) is 0 Å². The van der Waals surface area contributed by atoms with Gasteiger partial charge in [0.15, 0.2) is 5.60 Å². The normalized spacial score (nSPS) is 17.2. The molecular weight excluding hydrogens is 340 g/mol. The Kier molecular flexibility index (Phi) is 6.00. The topological polar surface area (TPSA) is 55.3 Å². The zero-order valence-electron chi connectivity index (χ0n) is 16.6. The molecular formula is C22H31N2O3+. The molecule has 1 N–H and O–H groups in total. The zero-order valence-corrected chi connectivity index (χ0v) is 16.6. The first-order valence-corrected chi connectivity index (χ1v) is 9.94. The molecule has 146 valence electrons. The molecule has 3 rings (SSSR count). The van der Waals surface area contributed by atoms with Crippen molar-refractivity contribution in [2.24, 2.45) is 13.0 Å². The number of hydrogen-bond acceptors (Lipinski definition) is 3. The quantitative estimate of drug-likeness (QED) is 0.601. The van der Waals surface area contributed by atoms with E-state index in [2.05, 4.69) is 23.0 Å². The molecule has 1 fully saturated rings. The van der Waals surface area contributed by atoms with E-state index in [-0.39, 0.29) is 12.5 Å². The van der Waals surface area contributed by atoms with Crippen LogP contribution in [0.5, 0.6) is 0 Å². The van der Waals surface area contributed by atoms with Gasteiger partial charge >= 0.3 is 5.97 Å². The van der Waals surface area contributed by atoms with Gasteiger partial charge in [-0.2, -0.15) is 0 Å². The summed E-state index contributed by atoms with van der Waals surface area (Å²) in [6, 6.07) is 9.25. The van der Waals surface area contributed by atoms with E-state index >= 15 is 0 Å². The first kappa shape index (κ1) is 19.6. The third-order valence-electron chi connectivity index (χ3n) is 5.68. The Morgan fingerprint density at radius 1 is 1.30 bits per heavy atom. The molecule has 1 atom stereocenters. The number of esters is 1. The second-order valence-electron chi connectivity index (χ2n) is 7.87. The smallest absolute Gasteiger partial charge is 0.343 e. The van der Waals surface area contributed by atoms with E-state index in [1.54, 1.807) is 0 Å². The molecule has 1 aromatic carbocycles. The summed E-state index contributed by atoms with van der Waals surface area (Å²) < 4.78 is 9.80. The average molecular weight is 372 g/mol. The van der Waals surface area contributed by atoms with Crippen molar-refractivity contribution in [3.05, 3.63) is 54.1 Å². The molecule has 0 bridgehead atoms. The number of aliphatic hydroxyl groups is 1. The van der Waals surface area contributed by atoms with Gasteiger partial charge in [0.2, 0.25) is 0 Å². The number of hydrogen-bond donors (Lipinski definition) is 1. The standard InChI is InChI=1S/C22H31N2O3/c1-17(2)20-23(3)13-14-24(20)15-16-27-21(25)22(26,19-11-7-8-12-19)18-9-5-4-6-10-18/h4-6,9-10,13-14,17,19,26H,7-8,11-12,15-16H2,1-3H3/q+1. The number of aromatic nitrogens is 2. The molecule has 1 heterocycles. The monoisotopic (exact) mass is 371 g/mol. The van der Waals surface area contributed by atoms with Gasteiger partial charge in [0, 0.05) is 5.92 Å². The van der Waals surface area contributed by atoms with E-state index < -0.39 is 11.6 Å². The van der Waals surface area contributed by atoms with E-state index in [0.717, 1.165) is 25.7 Å². The van der Waals surface area contributed by atoms with E-state index in [1.807, 2.05) is 49.8 Å². The van der Waals surface area contributed by atoms with Crippen LogP contribution in [0.1, 0.15) is 56.8 Å². The van der Waals surface area contributed by atoms with Crippen LogP contribution in [-0.2, 0) is 28.7 Å². The van der Waals surface area contributed by atoms with Crippen LogP contribution in [0.25, 0.3) is 0 Å². The number of carbonyl (C=O) groups excluding carboxylic acids is 1.